The van der Waals surface area contributed by atoms with Crippen molar-refractivity contribution in [2.75, 3.05) is 20.0 Å². The number of ether oxygens (including phenoxy) is 2. The zero-order chi connectivity index (χ0) is 16.9. The quantitative estimate of drug-likeness (QED) is 0.716. The number of hydrogen-bond donors (Lipinski definition) is 0. The summed E-state index contributed by atoms with van der Waals surface area (Å²) in [6, 6.07) is 6.44. The van der Waals surface area contributed by atoms with Crippen molar-refractivity contribution < 1.29 is 9.47 Å². The van der Waals surface area contributed by atoms with E-state index < -0.39 is 0 Å². The van der Waals surface area contributed by atoms with E-state index >= 15 is 0 Å². The molecule has 1 aliphatic rings. The minimum atomic E-state index is 0.492. The Bertz CT molecular complexity index is 681. The highest BCUT2D eigenvalue weighted by molar-refractivity contribution is 7.99. The Morgan fingerprint density at radius 1 is 1.08 bits per heavy atom. The van der Waals surface area contributed by atoms with Gasteiger partial charge in [0, 0.05) is 11.6 Å². The van der Waals surface area contributed by atoms with E-state index in [2.05, 4.69) is 21.7 Å². The summed E-state index contributed by atoms with van der Waals surface area (Å²) in [5.41, 5.74) is 1.02. The number of benzene rings is 1. The summed E-state index contributed by atoms with van der Waals surface area (Å²) in [4.78, 5) is 0. The molecular weight excluding hydrogens is 322 g/mol. The fourth-order valence-electron chi connectivity index (χ4n) is 3.35. The van der Waals surface area contributed by atoms with Crippen LogP contribution in [0.1, 0.15) is 45.1 Å². The second kappa shape index (κ2) is 7.92. The fourth-order valence-corrected chi connectivity index (χ4v) is 4.08. The van der Waals surface area contributed by atoms with Crippen molar-refractivity contribution in [1.82, 2.24) is 14.8 Å². The molecule has 0 saturated heterocycles. The molecule has 0 atom stereocenters. The molecular formula is C18H25N3O2S. The third-order valence-electron chi connectivity index (χ3n) is 4.52. The summed E-state index contributed by atoms with van der Waals surface area (Å²) in [5, 5.41) is 9.99. The van der Waals surface area contributed by atoms with E-state index in [0.29, 0.717) is 6.04 Å². The first-order chi connectivity index (χ1) is 11.8. The number of rotatable bonds is 6. The van der Waals surface area contributed by atoms with Crippen molar-refractivity contribution in [3.05, 3.63) is 18.2 Å². The molecule has 6 heteroatoms. The zero-order valence-corrected chi connectivity index (χ0v) is 15.4. The van der Waals surface area contributed by atoms with Crippen LogP contribution < -0.4 is 9.47 Å². The maximum atomic E-state index is 5.45. The molecule has 1 fully saturated rings. The molecule has 0 spiro atoms. The Balaban J connectivity index is 2.03. The molecule has 0 radical (unpaired) electrons. The SMILES string of the molecule is CCSc1nnc(-c2ccc(OC)c(OC)c2)n1C1CCCCC1. The van der Waals surface area contributed by atoms with Crippen LogP contribution >= 0.6 is 11.8 Å². The number of thioether (sulfide) groups is 1. The standard InChI is InChI=1S/C18H25N3O2S/c1-4-24-18-20-19-17(21(18)14-8-6-5-7-9-14)13-10-11-15(22-2)16(12-13)23-3/h10-12,14H,4-9H2,1-3H3. The summed E-state index contributed by atoms with van der Waals surface area (Å²) in [6.45, 7) is 2.15. The molecule has 1 aliphatic carbocycles. The van der Waals surface area contributed by atoms with Gasteiger partial charge in [0.25, 0.3) is 0 Å². The van der Waals surface area contributed by atoms with Crippen molar-refractivity contribution in [2.24, 2.45) is 0 Å². The number of aromatic nitrogens is 3. The molecule has 1 saturated carbocycles. The summed E-state index contributed by atoms with van der Waals surface area (Å²) in [7, 11) is 3.31. The van der Waals surface area contributed by atoms with Crippen LogP contribution in [-0.2, 0) is 0 Å². The summed E-state index contributed by atoms with van der Waals surface area (Å²) in [5.74, 6) is 3.38. The third kappa shape index (κ3) is 3.38. The van der Waals surface area contributed by atoms with Crippen LogP contribution in [0.2, 0.25) is 0 Å². The van der Waals surface area contributed by atoms with Crippen LogP contribution in [0.4, 0.5) is 0 Å². The third-order valence-corrected chi connectivity index (χ3v) is 5.34. The van der Waals surface area contributed by atoms with Gasteiger partial charge in [-0.15, -0.1) is 10.2 Å². The lowest BCUT2D eigenvalue weighted by molar-refractivity contribution is 0.339. The average Bonchev–Trinajstić information content (AvgIpc) is 3.06. The molecule has 0 N–H and O–H groups in total. The fraction of sp³-hybridized carbons (Fsp3) is 0.556. The van der Waals surface area contributed by atoms with E-state index in [1.165, 1.54) is 32.1 Å². The molecule has 0 aliphatic heterocycles. The predicted molar refractivity (Wildman–Crippen MR) is 97.1 cm³/mol. The van der Waals surface area contributed by atoms with Crippen LogP contribution in [0.25, 0.3) is 11.4 Å². The second-order valence-electron chi connectivity index (χ2n) is 5.97. The minimum absolute atomic E-state index is 0.492. The molecule has 1 heterocycles. The van der Waals surface area contributed by atoms with Crippen molar-refractivity contribution >= 4 is 11.8 Å². The van der Waals surface area contributed by atoms with E-state index in [-0.39, 0.29) is 0 Å². The van der Waals surface area contributed by atoms with E-state index in [1.54, 1.807) is 26.0 Å². The van der Waals surface area contributed by atoms with Gasteiger partial charge in [0.05, 0.1) is 14.2 Å². The van der Waals surface area contributed by atoms with Crippen molar-refractivity contribution in [3.63, 3.8) is 0 Å². The van der Waals surface area contributed by atoms with E-state index in [4.69, 9.17) is 9.47 Å². The van der Waals surface area contributed by atoms with Gasteiger partial charge in [0.1, 0.15) is 0 Å². The molecule has 1 aromatic heterocycles. The van der Waals surface area contributed by atoms with Crippen LogP contribution in [0.5, 0.6) is 11.5 Å². The summed E-state index contributed by atoms with van der Waals surface area (Å²) < 4.78 is 13.1. The molecule has 0 bridgehead atoms. The molecule has 1 aromatic carbocycles. The Hall–Kier alpha value is -1.69. The van der Waals surface area contributed by atoms with Gasteiger partial charge < -0.3 is 9.47 Å². The van der Waals surface area contributed by atoms with E-state index in [1.807, 2.05) is 18.2 Å². The lowest BCUT2D eigenvalue weighted by Gasteiger charge is -2.25. The molecule has 2 aromatic rings. The highest BCUT2D eigenvalue weighted by atomic mass is 32.2. The van der Waals surface area contributed by atoms with Gasteiger partial charge >= 0.3 is 0 Å². The van der Waals surface area contributed by atoms with Crippen LogP contribution in [-0.4, -0.2) is 34.7 Å². The molecule has 0 amide bonds. The topological polar surface area (TPSA) is 49.2 Å². The zero-order valence-electron chi connectivity index (χ0n) is 14.6. The van der Waals surface area contributed by atoms with Gasteiger partial charge in [0.2, 0.25) is 0 Å². The lowest BCUT2D eigenvalue weighted by atomic mass is 9.95. The maximum absolute atomic E-state index is 5.45. The lowest BCUT2D eigenvalue weighted by Crippen LogP contribution is -2.15. The molecule has 0 unspecified atom stereocenters. The smallest absolute Gasteiger partial charge is 0.191 e. The normalized spacial score (nSPS) is 15.5. The van der Waals surface area contributed by atoms with Gasteiger partial charge in [-0.2, -0.15) is 0 Å². The summed E-state index contributed by atoms with van der Waals surface area (Å²) >= 11 is 1.76. The molecule has 24 heavy (non-hydrogen) atoms. The first-order valence-electron chi connectivity index (χ1n) is 8.58. The highest BCUT2D eigenvalue weighted by Gasteiger charge is 2.24. The molecule has 130 valence electrons. The Morgan fingerprint density at radius 2 is 1.83 bits per heavy atom. The Morgan fingerprint density at radius 3 is 2.50 bits per heavy atom. The molecule has 3 rings (SSSR count). The van der Waals surface area contributed by atoms with Crippen molar-refractivity contribution in [3.8, 4) is 22.9 Å². The highest BCUT2D eigenvalue weighted by Crippen LogP contribution is 2.37. The van der Waals surface area contributed by atoms with E-state index in [9.17, 15) is 0 Å². The van der Waals surface area contributed by atoms with Crippen LogP contribution in [0.3, 0.4) is 0 Å². The minimum Gasteiger partial charge on any atom is -0.493 e. The predicted octanol–water partition coefficient (Wildman–Crippen LogP) is 4.58. The number of methoxy groups -OCH3 is 2. The average molecular weight is 347 g/mol. The van der Waals surface area contributed by atoms with Gasteiger partial charge in [-0.05, 0) is 36.8 Å². The van der Waals surface area contributed by atoms with Crippen molar-refractivity contribution in [1.29, 1.82) is 0 Å². The first-order valence-corrected chi connectivity index (χ1v) is 9.57. The summed E-state index contributed by atoms with van der Waals surface area (Å²) in [6.07, 6.45) is 6.31. The first kappa shape index (κ1) is 17.1. The number of hydrogen-bond acceptors (Lipinski definition) is 5. The van der Waals surface area contributed by atoms with Gasteiger partial charge in [0.15, 0.2) is 22.5 Å². The monoisotopic (exact) mass is 347 g/mol. The second-order valence-corrected chi connectivity index (χ2v) is 7.20. The van der Waals surface area contributed by atoms with Crippen molar-refractivity contribution in [2.45, 2.75) is 50.2 Å². The van der Waals surface area contributed by atoms with Crippen LogP contribution in [0.15, 0.2) is 23.4 Å². The Labute approximate surface area is 147 Å². The van der Waals surface area contributed by atoms with E-state index in [0.717, 1.165) is 33.8 Å². The van der Waals surface area contributed by atoms with Gasteiger partial charge in [-0.3, -0.25) is 4.57 Å². The molecule has 5 nitrogen and oxygen atoms in total. The maximum Gasteiger partial charge on any atom is 0.191 e. The number of nitrogens with zero attached hydrogens (tertiary/aromatic N) is 3. The van der Waals surface area contributed by atoms with Gasteiger partial charge in [-0.1, -0.05) is 37.9 Å². The van der Waals surface area contributed by atoms with Gasteiger partial charge in [-0.25, -0.2) is 0 Å². The van der Waals surface area contributed by atoms with Crippen LogP contribution in [0, 0.1) is 0 Å². The Kier molecular flexibility index (Phi) is 5.66. The largest absolute Gasteiger partial charge is 0.493 e.